The second-order valence-corrected chi connectivity index (χ2v) is 5.99. The average Bonchev–Trinajstić information content (AvgIpc) is 2.82. The number of aromatic nitrogens is 3. The minimum Gasteiger partial charge on any atom is -0.348 e. The number of nitrogens with one attached hydrogen (secondary N) is 1. The highest BCUT2D eigenvalue weighted by atomic mass is 19.1. The molecule has 6 heteroatoms. The Bertz CT molecular complexity index is 946. The third kappa shape index (κ3) is 2.87. The van der Waals surface area contributed by atoms with E-state index in [4.69, 9.17) is 0 Å². The number of aryl methyl sites for hydroxylation is 4. The summed E-state index contributed by atoms with van der Waals surface area (Å²) in [6.07, 6.45) is 0. The van der Waals surface area contributed by atoms with E-state index in [1.165, 1.54) is 6.07 Å². The predicted octanol–water partition coefficient (Wildman–Crippen LogP) is 2.96. The van der Waals surface area contributed by atoms with Gasteiger partial charge in [0.2, 0.25) is 0 Å². The number of carbonyl (C=O) groups is 1. The quantitative estimate of drug-likeness (QED) is 0.805. The number of rotatable bonds is 3. The number of halogens is 1. The van der Waals surface area contributed by atoms with Crippen LogP contribution in [0, 0.1) is 26.6 Å². The molecule has 0 aliphatic carbocycles. The Balaban J connectivity index is 1.90. The Morgan fingerprint density at radius 1 is 1.25 bits per heavy atom. The van der Waals surface area contributed by atoms with Crippen LogP contribution in [-0.4, -0.2) is 20.7 Å². The molecule has 1 aromatic carbocycles. The molecule has 1 amide bonds. The number of nitrogens with zero attached hydrogens (tertiary/aromatic N) is 3. The van der Waals surface area contributed by atoms with Crippen molar-refractivity contribution in [3.63, 3.8) is 0 Å². The van der Waals surface area contributed by atoms with Crippen LogP contribution >= 0.6 is 0 Å². The van der Waals surface area contributed by atoms with Crippen LogP contribution in [0.3, 0.4) is 0 Å². The van der Waals surface area contributed by atoms with Gasteiger partial charge < -0.3 is 5.32 Å². The van der Waals surface area contributed by atoms with Crippen LogP contribution in [0.15, 0.2) is 24.3 Å². The van der Waals surface area contributed by atoms with Crippen LogP contribution in [0.4, 0.5) is 4.39 Å². The minimum atomic E-state index is -0.248. The average molecular weight is 326 g/mol. The highest BCUT2D eigenvalue weighted by Gasteiger charge is 2.17. The molecular weight excluding hydrogens is 307 g/mol. The normalized spacial score (nSPS) is 11.0. The number of amides is 1. The fraction of sp³-hybridized carbons (Fsp3) is 0.278. The first kappa shape index (κ1) is 16.1. The first-order valence-corrected chi connectivity index (χ1v) is 7.71. The third-order valence-electron chi connectivity index (χ3n) is 4.02. The van der Waals surface area contributed by atoms with E-state index in [1.807, 2.05) is 20.9 Å². The molecule has 0 spiro atoms. The van der Waals surface area contributed by atoms with Gasteiger partial charge in [-0.15, -0.1) is 0 Å². The predicted molar refractivity (Wildman–Crippen MR) is 90.3 cm³/mol. The summed E-state index contributed by atoms with van der Waals surface area (Å²) in [6, 6.07) is 6.59. The molecule has 0 saturated heterocycles. The standard InChI is InChI=1S/C18H19FN4O/c1-10-7-13(5-6-15(10)19)9-20-18(24)14-8-11(2)21-17-16(14)12(3)22-23(17)4/h5-8H,9H2,1-4H3,(H,20,24). The van der Waals surface area contributed by atoms with Crippen molar-refractivity contribution in [3.8, 4) is 0 Å². The lowest BCUT2D eigenvalue weighted by Crippen LogP contribution is -2.23. The summed E-state index contributed by atoms with van der Waals surface area (Å²) in [6.45, 7) is 5.75. The zero-order chi connectivity index (χ0) is 17.4. The van der Waals surface area contributed by atoms with Gasteiger partial charge in [-0.3, -0.25) is 9.48 Å². The van der Waals surface area contributed by atoms with Crippen molar-refractivity contribution in [1.29, 1.82) is 0 Å². The van der Waals surface area contributed by atoms with Gasteiger partial charge in [-0.2, -0.15) is 5.10 Å². The summed E-state index contributed by atoms with van der Waals surface area (Å²) in [7, 11) is 1.81. The topological polar surface area (TPSA) is 59.8 Å². The molecule has 0 aliphatic rings. The summed E-state index contributed by atoms with van der Waals surface area (Å²) >= 11 is 0. The van der Waals surface area contributed by atoms with Crippen molar-refractivity contribution in [2.24, 2.45) is 7.05 Å². The Morgan fingerprint density at radius 3 is 2.71 bits per heavy atom. The van der Waals surface area contributed by atoms with Crippen LogP contribution in [0.1, 0.15) is 32.9 Å². The number of benzene rings is 1. The van der Waals surface area contributed by atoms with Crippen molar-refractivity contribution < 1.29 is 9.18 Å². The smallest absolute Gasteiger partial charge is 0.252 e. The van der Waals surface area contributed by atoms with Crippen LogP contribution in [0.5, 0.6) is 0 Å². The van der Waals surface area contributed by atoms with Gasteiger partial charge in [0.1, 0.15) is 5.82 Å². The van der Waals surface area contributed by atoms with Crippen LogP contribution < -0.4 is 5.32 Å². The summed E-state index contributed by atoms with van der Waals surface area (Å²) in [4.78, 5) is 17.1. The Hall–Kier alpha value is -2.76. The fourth-order valence-electron chi connectivity index (χ4n) is 2.84. The molecule has 2 heterocycles. The number of fused-ring (bicyclic) bond motifs is 1. The van der Waals surface area contributed by atoms with Crippen LogP contribution in [-0.2, 0) is 13.6 Å². The Kier molecular flexibility index (Phi) is 4.05. The molecule has 0 radical (unpaired) electrons. The molecular formula is C18H19FN4O. The zero-order valence-electron chi connectivity index (χ0n) is 14.1. The lowest BCUT2D eigenvalue weighted by atomic mass is 10.1. The summed E-state index contributed by atoms with van der Waals surface area (Å²) in [5.41, 5.74) is 4.19. The van der Waals surface area contributed by atoms with E-state index in [2.05, 4.69) is 15.4 Å². The van der Waals surface area contributed by atoms with Gasteiger partial charge in [-0.25, -0.2) is 9.37 Å². The maximum absolute atomic E-state index is 13.3. The van der Waals surface area contributed by atoms with Gasteiger partial charge in [0.25, 0.3) is 5.91 Å². The molecule has 2 aromatic heterocycles. The van der Waals surface area contributed by atoms with E-state index in [9.17, 15) is 9.18 Å². The van der Waals surface area contributed by atoms with Gasteiger partial charge in [0.05, 0.1) is 16.6 Å². The molecule has 3 aromatic rings. The van der Waals surface area contributed by atoms with Crippen molar-refractivity contribution in [2.45, 2.75) is 27.3 Å². The first-order chi connectivity index (χ1) is 11.4. The first-order valence-electron chi connectivity index (χ1n) is 7.71. The Morgan fingerprint density at radius 2 is 2.00 bits per heavy atom. The molecule has 1 N–H and O–H groups in total. The fourth-order valence-corrected chi connectivity index (χ4v) is 2.84. The second-order valence-electron chi connectivity index (χ2n) is 5.99. The molecule has 5 nitrogen and oxygen atoms in total. The van der Waals surface area contributed by atoms with Crippen LogP contribution in [0.25, 0.3) is 11.0 Å². The lowest BCUT2D eigenvalue weighted by molar-refractivity contribution is 0.0952. The van der Waals surface area contributed by atoms with E-state index in [0.29, 0.717) is 23.3 Å². The van der Waals surface area contributed by atoms with E-state index in [-0.39, 0.29) is 11.7 Å². The van der Waals surface area contributed by atoms with Gasteiger partial charge >= 0.3 is 0 Å². The molecule has 24 heavy (non-hydrogen) atoms. The zero-order valence-corrected chi connectivity index (χ0v) is 14.1. The van der Waals surface area contributed by atoms with Crippen LogP contribution in [0.2, 0.25) is 0 Å². The van der Waals surface area contributed by atoms with E-state index in [0.717, 1.165) is 22.3 Å². The summed E-state index contributed by atoms with van der Waals surface area (Å²) in [5, 5.41) is 8.00. The SMILES string of the molecule is Cc1cc(C(=O)NCc2ccc(F)c(C)c2)c2c(C)nn(C)c2n1. The van der Waals surface area contributed by atoms with Gasteiger partial charge in [-0.1, -0.05) is 12.1 Å². The monoisotopic (exact) mass is 326 g/mol. The molecule has 3 rings (SSSR count). The van der Waals surface area contributed by atoms with E-state index < -0.39 is 0 Å². The maximum Gasteiger partial charge on any atom is 0.252 e. The maximum atomic E-state index is 13.3. The minimum absolute atomic E-state index is 0.191. The molecule has 0 unspecified atom stereocenters. The van der Waals surface area contributed by atoms with Crippen molar-refractivity contribution >= 4 is 16.9 Å². The number of pyridine rings is 1. The number of carbonyl (C=O) groups excluding carboxylic acids is 1. The van der Waals surface area contributed by atoms with Crippen molar-refractivity contribution in [2.75, 3.05) is 0 Å². The van der Waals surface area contributed by atoms with Crippen molar-refractivity contribution in [3.05, 3.63) is 58.2 Å². The third-order valence-corrected chi connectivity index (χ3v) is 4.02. The molecule has 0 bridgehead atoms. The molecule has 0 saturated carbocycles. The van der Waals surface area contributed by atoms with Gasteiger partial charge in [0.15, 0.2) is 5.65 Å². The Labute approximate surface area is 139 Å². The molecule has 0 aliphatic heterocycles. The molecule has 0 fully saturated rings. The van der Waals surface area contributed by atoms with Gasteiger partial charge in [-0.05, 0) is 44.0 Å². The van der Waals surface area contributed by atoms with E-state index >= 15 is 0 Å². The number of hydrogen-bond acceptors (Lipinski definition) is 3. The van der Waals surface area contributed by atoms with E-state index in [1.54, 1.807) is 29.8 Å². The highest BCUT2D eigenvalue weighted by Crippen LogP contribution is 2.21. The van der Waals surface area contributed by atoms with Gasteiger partial charge in [0, 0.05) is 19.3 Å². The molecule has 124 valence electrons. The lowest BCUT2D eigenvalue weighted by Gasteiger charge is -2.09. The highest BCUT2D eigenvalue weighted by molar-refractivity contribution is 6.06. The second kappa shape index (κ2) is 6.03. The molecule has 0 atom stereocenters. The van der Waals surface area contributed by atoms with Crippen molar-refractivity contribution in [1.82, 2.24) is 20.1 Å². The largest absolute Gasteiger partial charge is 0.348 e. The summed E-state index contributed by atoms with van der Waals surface area (Å²) in [5.74, 6) is -0.439. The summed E-state index contributed by atoms with van der Waals surface area (Å²) < 4.78 is 15.0. The number of hydrogen-bond donors (Lipinski definition) is 1.